The van der Waals surface area contributed by atoms with Crippen LogP contribution in [-0.4, -0.2) is 42.8 Å². The summed E-state index contributed by atoms with van der Waals surface area (Å²) in [4.78, 5) is 1.64. The van der Waals surface area contributed by atoms with Crippen LogP contribution >= 0.6 is 31.9 Å². The van der Waals surface area contributed by atoms with Crippen LogP contribution in [0.4, 0.5) is 0 Å². The van der Waals surface area contributed by atoms with Crippen LogP contribution in [0, 0.1) is 22.8 Å². The molecule has 6 nitrogen and oxygen atoms in total. The van der Waals surface area contributed by atoms with Crippen LogP contribution in [-0.2, 0) is 10.0 Å². The summed E-state index contributed by atoms with van der Waals surface area (Å²) in [5.41, 5.74) is 0. The van der Waals surface area contributed by atoms with E-state index in [4.69, 9.17) is 10.5 Å². The van der Waals surface area contributed by atoms with Crippen molar-refractivity contribution in [3.05, 3.63) is 27.1 Å². The van der Waals surface area contributed by atoms with E-state index in [1.165, 1.54) is 10.4 Å². The van der Waals surface area contributed by atoms with E-state index in [9.17, 15) is 8.42 Å². The first-order valence-electron chi connectivity index (χ1n) is 6.81. The minimum atomic E-state index is -3.86. The van der Waals surface area contributed by atoms with Crippen LogP contribution in [0.25, 0.3) is 0 Å². The normalized spacial score (nSPS) is 21.2. The standard InChI is InChI=1S/C14H14Br2N4O2S/c1-10-6-12(8-19(10)9-18)20(5-4-17)23(21,22)14-7-11(15)2-3-13(14)16/h2-3,7,10,12H,5-6,8H2,1H3/t10-,12+/m0/s1. The molecule has 0 N–H and O–H groups in total. The number of hydrogen-bond acceptors (Lipinski definition) is 5. The number of sulfonamides is 1. The second kappa shape index (κ2) is 7.18. The zero-order chi connectivity index (χ0) is 17.2. The second-order valence-corrected chi connectivity index (χ2v) is 8.90. The van der Waals surface area contributed by atoms with Gasteiger partial charge in [0.1, 0.15) is 6.54 Å². The Kier molecular flexibility index (Phi) is 5.69. The number of benzene rings is 1. The highest BCUT2D eigenvalue weighted by Gasteiger charge is 2.39. The SMILES string of the molecule is C[C@H]1C[C@@H](N(CC#N)S(=O)(=O)c2cc(Br)ccc2Br)CN1C#N. The molecule has 0 aliphatic carbocycles. The van der Waals surface area contributed by atoms with Gasteiger partial charge in [-0.25, -0.2) is 8.42 Å². The van der Waals surface area contributed by atoms with Crippen LogP contribution in [0.15, 0.2) is 32.0 Å². The van der Waals surface area contributed by atoms with E-state index in [-0.39, 0.29) is 17.5 Å². The maximum absolute atomic E-state index is 13.0. The largest absolute Gasteiger partial charge is 0.306 e. The van der Waals surface area contributed by atoms with Crippen LogP contribution in [0.3, 0.4) is 0 Å². The summed E-state index contributed by atoms with van der Waals surface area (Å²) in [5.74, 6) is 0. The van der Waals surface area contributed by atoms with E-state index in [0.717, 1.165) is 0 Å². The predicted octanol–water partition coefficient (Wildman–Crippen LogP) is 2.67. The quantitative estimate of drug-likeness (QED) is 0.508. The summed E-state index contributed by atoms with van der Waals surface area (Å²) in [7, 11) is -3.86. The lowest BCUT2D eigenvalue weighted by Crippen LogP contribution is -2.42. The summed E-state index contributed by atoms with van der Waals surface area (Å²) in [6.07, 6.45) is 2.58. The van der Waals surface area contributed by atoms with Gasteiger partial charge in [-0.2, -0.15) is 14.8 Å². The third-order valence-corrected chi connectivity index (χ3v) is 7.18. The fourth-order valence-corrected chi connectivity index (χ4v) is 5.62. The molecule has 2 atom stereocenters. The molecule has 1 aliphatic rings. The first-order valence-corrected chi connectivity index (χ1v) is 9.84. The lowest BCUT2D eigenvalue weighted by molar-refractivity contribution is 0.341. The van der Waals surface area contributed by atoms with E-state index >= 15 is 0 Å². The Bertz CT molecular complexity index is 785. The van der Waals surface area contributed by atoms with Gasteiger partial charge in [0, 0.05) is 27.6 Å². The lowest BCUT2D eigenvalue weighted by atomic mass is 10.2. The van der Waals surface area contributed by atoms with Gasteiger partial charge in [0.2, 0.25) is 10.0 Å². The van der Waals surface area contributed by atoms with Crippen LogP contribution in [0.2, 0.25) is 0 Å². The molecule has 0 unspecified atom stereocenters. The molecular formula is C14H14Br2N4O2S. The average molecular weight is 462 g/mol. The van der Waals surface area contributed by atoms with Gasteiger partial charge < -0.3 is 4.90 Å². The van der Waals surface area contributed by atoms with Gasteiger partial charge in [-0.15, -0.1) is 0 Å². The molecule has 1 aliphatic heterocycles. The molecule has 0 bridgehead atoms. The smallest absolute Gasteiger partial charge is 0.245 e. The van der Waals surface area contributed by atoms with Gasteiger partial charge in [-0.1, -0.05) is 15.9 Å². The molecule has 1 saturated heterocycles. The summed E-state index contributed by atoms with van der Waals surface area (Å²) in [6.45, 7) is 1.91. The van der Waals surface area contributed by atoms with Crippen molar-refractivity contribution in [1.82, 2.24) is 9.21 Å². The van der Waals surface area contributed by atoms with Crippen molar-refractivity contribution in [2.75, 3.05) is 13.1 Å². The molecule has 122 valence electrons. The van der Waals surface area contributed by atoms with Crippen molar-refractivity contribution in [3.63, 3.8) is 0 Å². The predicted molar refractivity (Wildman–Crippen MR) is 91.5 cm³/mol. The van der Waals surface area contributed by atoms with Crippen molar-refractivity contribution in [3.8, 4) is 12.3 Å². The van der Waals surface area contributed by atoms with Gasteiger partial charge in [0.15, 0.2) is 6.19 Å². The zero-order valence-corrected chi connectivity index (χ0v) is 16.3. The van der Waals surface area contributed by atoms with Crippen molar-refractivity contribution in [2.45, 2.75) is 30.3 Å². The summed E-state index contributed by atoms with van der Waals surface area (Å²) in [5, 5.41) is 18.2. The molecule has 2 rings (SSSR count). The van der Waals surface area contributed by atoms with Crippen LogP contribution in [0.1, 0.15) is 13.3 Å². The Morgan fingerprint density at radius 2 is 2.09 bits per heavy atom. The molecule has 0 amide bonds. The van der Waals surface area contributed by atoms with Gasteiger partial charge in [-0.3, -0.25) is 0 Å². The highest BCUT2D eigenvalue weighted by Crippen LogP contribution is 2.31. The van der Waals surface area contributed by atoms with Gasteiger partial charge in [-0.05, 0) is 47.5 Å². The maximum Gasteiger partial charge on any atom is 0.245 e. The van der Waals surface area contributed by atoms with E-state index in [2.05, 4.69) is 38.1 Å². The molecule has 0 saturated carbocycles. The van der Waals surface area contributed by atoms with E-state index < -0.39 is 16.1 Å². The highest BCUT2D eigenvalue weighted by molar-refractivity contribution is 9.11. The molecule has 0 spiro atoms. The van der Waals surface area contributed by atoms with Gasteiger partial charge in [0.05, 0.1) is 11.0 Å². The first kappa shape index (κ1) is 18.2. The van der Waals surface area contributed by atoms with E-state index in [1.807, 2.05) is 13.0 Å². The number of halogens is 2. The van der Waals surface area contributed by atoms with Crippen molar-refractivity contribution >= 4 is 41.9 Å². The van der Waals surface area contributed by atoms with Gasteiger partial charge >= 0.3 is 0 Å². The fourth-order valence-electron chi connectivity index (χ4n) is 2.63. The molecule has 0 radical (unpaired) electrons. The minimum absolute atomic E-state index is 0.0488. The maximum atomic E-state index is 13.0. The Morgan fingerprint density at radius 1 is 1.39 bits per heavy atom. The monoisotopic (exact) mass is 460 g/mol. The Labute approximate surface area is 152 Å². The number of hydrogen-bond donors (Lipinski definition) is 0. The Balaban J connectivity index is 2.43. The van der Waals surface area contributed by atoms with E-state index in [1.54, 1.807) is 17.0 Å². The summed E-state index contributed by atoms with van der Waals surface area (Å²) >= 11 is 6.53. The lowest BCUT2D eigenvalue weighted by Gasteiger charge is -2.25. The molecule has 1 aromatic carbocycles. The van der Waals surface area contributed by atoms with Crippen molar-refractivity contribution in [2.24, 2.45) is 0 Å². The van der Waals surface area contributed by atoms with Crippen molar-refractivity contribution in [1.29, 1.82) is 10.5 Å². The number of nitriles is 2. The van der Waals surface area contributed by atoms with Crippen molar-refractivity contribution < 1.29 is 8.42 Å². The number of likely N-dealkylation sites (tertiary alicyclic amines) is 1. The average Bonchev–Trinajstić information content (AvgIpc) is 2.87. The molecule has 1 fully saturated rings. The fraction of sp³-hybridized carbons (Fsp3) is 0.429. The van der Waals surface area contributed by atoms with Crippen LogP contribution < -0.4 is 0 Å². The summed E-state index contributed by atoms with van der Waals surface area (Å²) in [6, 6.07) is 6.34. The molecule has 23 heavy (non-hydrogen) atoms. The second-order valence-electron chi connectivity index (χ2n) is 5.27. The number of rotatable bonds is 4. The molecular weight excluding hydrogens is 448 g/mol. The topological polar surface area (TPSA) is 88.2 Å². The minimum Gasteiger partial charge on any atom is -0.306 e. The zero-order valence-electron chi connectivity index (χ0n) is 12.3. The van der Waals surface area contributed by atoms with Crippen LogP contribution in [0.5, 0.6) is 0 Å². The Morgan fingerprint density at radius 3 is 2.65 bits per heavy atom. The molecule has 1 aromatic rings. The van der Waals surface area contributed by atoms with E-state index in [0.29, 0.717) is 21.9 Å². The molecule has 1 heterocycles. The number of nitrogens with zero attached hydrogens (tertiary/aromatic N) is 4. The first-order chi connectivity index (χ1) is 10.8. The highest BCUT2D eigenvalue weighted by atomic mass is 79.9. The Hall–Kier alpha value is -1.13. The van der Waals surface area contributed by atoms with Gasteiger partial charge in [0.25, 0.3) is 0 Å². The molecule has 9 heteroatoms. The third kappa shape index (κ3) is 3.69. The molecule has 0 aromatic heterocycles. The summed E-state index contributed by atoms with van der Waals surface area (Å²) < 4.78 is 28.3. The third-order valence-electron chi connectivity index (χ3n) is 3.79.